The monoisotopic (exact) mass is 437 g/mol. The molecule has 0 aliphatic rings. The minimum atomic E-state index is -3.66. The van der Waals surface area contributed by atoms with Crippen LogP contribution in [0.5, 0.6) is 0 Å². The number of rotatable bonds is 6. The minimum Gasteiger partial charge on any atom is -0.413 e. The van der Waals surface area contributed by atoms with Gasteiger partial charge in [0, 0.05) is 4.90 Å². The topological polar surface area (TPSA) is 55.7 Å². The molecule has 2 aromatic carbocycles. The van der Waals surface area contributed by atoms with E-state index < -0.39 is 29.0 Å². The molecule has 28 heavy (non-hydrogen) atoms. The molecule has 4 nitrogen and oxygen atoms in total. The van der Waals surface area contributed by atoms with Gasteiger partial charge in [-0.25, -0.2) is 0 Å². The largest absolute Gasteiger partial charge is 0.413 e. The summed E-state index contributed by atoms with van der Waals surface area (Å²) in [7, 11) is -6.20. The molecule has 2 aromatic rings. The molecule has 0 saturated heterocycles. The van der Waals surface area contributed by atoms with E-state index in [2.05, 4.69) is 37.6 Å². The summed E-state index contributed by atoms with van der Waals surface area (Å²) in [5, 5.41) is 0.173. The predicted octanol–water partition coefficient (Wildman–Crippen LogP) is 5.70. The van der Waals surface area contributed by atoms with E-state index in [1.165, 1.54) is 0 Å². The van der Waals surface area contributed by atoms with Gasteiger partial charge in [-0.15, -0.1) is 3.77 Å². The fourth-order valence-corrected chi connectivity index (χ4v) is 6.04. The molecule has 0 bridgehead atoms. The SMILES string of the molecule is Cc1ccc(S(=O)(=O)N=S(C)c2ccc(CO[Si](C)(C)C(C)(C)C)cc2)cc1. The summed E-state index contributed by atoms with van der Waals surface area (Å²) < 4.78 is 35.4. The van der Waals surface area contributed by atoms with Gasteiger partial charge in [0.1, 0.15) is 0 Å². The fourth-order valence-electron chi connectivity index (χ4n) is 2.21. The van der Waals surface area contributed by atoms with E-state index in [1.807, 2.05) is 37.4 Å². The third kappa shape index (κ3) is 5.86. The third-order valence-corrected chi connectivity index (χ3v) is 13.2. The molecule has 0 fully saturated rings. The molecular weight excluding hydrogens is 406 g/mol. The Bertz CT molecular complexity index is 943. The van der Waals surface area contributed by atoms with E-state index in [0.717, 1.165) is 16.0 Å². The van der Waals surface area contributed by atoms with Crippen LogP contribution in [-0.2, 0) is 31.7 Å². The zero-order valence-electron chi connectivity index (χ0n) is 17.8. The molecule has 154 valence electrons. The summed E-state index contributed by atoms with van der Waals surface area (Å²) in [5.41, 5.74) is 2.11. The molecule has 1 unspecified atom stereocenters. The van der Waals surface area contributed by atoms with Crippen LogP contribution in [0.4, 0.5) is 0 Å². The molecule has 0 aliphatic carbocycles. The quantitative estimate of drug-likeness (QED) is 0.545. The Morgan fingerprint density at radius 3 is 2.04 bits per heavy atom. The van der Waals surface area contributed by atoms with Crippen LogP contribution in [0.25, 0.3) is 0 Å². The highest BCUT2D eigenvalue weighted by Crippen LogP contribution is 2.37. The first-order chi connectivity index (χ1) is 12.8. The average molecular weight is 438 g/mol. The number of sulfonamides is 1. The normalized spacial score (nSPS) is 14.2. The Hall–Kier alpha value is -1.28. The Balaban J connectivity index is 2.14. The van der Waals surface area contributed by atoms with Crippen LogP contribution in [0.3, 0.4) is 0 Å². The molecule has 0 N–H and O–H groups in total. The van der Waals surface area contributed by atoms with Gasteiger partial charge in [-0.05, 0) is 61.1 Å². The molecule has 0 heterocycles. The van der Waals surface area contributed by atoms with Gasteiger partial charge in [-0.1, -0.05) is 61.3 Å². The molecule has 7 heteroatoms. The van der Waals surface area contributed by atoms with Crippen molar-refractivity contribution in [3.05, 3.63) is 59.7 Å². The molecule has 0 spiro atoms. The highest BCUT2D eigenvalue weighted by molar-refractivity contribution is 7.99. The van der Waals surface area contributed by atoms with Gasteiger partial charge < -0.3 is 4.43 Å². The minimum absolute atomic E-state index is 0.173. The van der Waals surface area contributed by atoms with Crippen molar-refractivity contribution in [2.75, 3.05) is 6.26 Å². The van der Waals surface area contributed by atoms with Gasteiger partial charge in [0.2, 0.25) is 0 Å². The molecule has 2 rings (SSSR count). The first-order valence-electron chi connectivity index (χ1n) is 9.25. The third-order valence-electron chi connectivity index (χ3n) is 5.20. The first-order valence-corrected chi connectivity index (χ1v) is 15.2. The van der Waals surface area contributed by atoms with E-state index in [-0.39, 0.29) is 9.93 Å². The standard InChI is InChI=1S/C21H31NO3S2Si/c1-17-8-14-20(15-9-17)27(23,24)22-26(5)19-12-10-18(11-13-19)16-25-28(6,7)21(2,3)4/h8-15H,16H2,1-7H3. The lowest BCUT2D eigenvalue weighted by atomic mass is 10.2. The van der Waals surface area contributed by atoms with Crippen LogP contribution >= 0.6 is 0 Å². The second-order valence-corrected chi connectivity index (χ2v) is 16.8. The molecule has 1 atom stereocenters. The molecule has 0 radical (unpaired) electrons. The zero-order valence-corrected chi connectivity index (χ0v) is 20.4. The predicted molar refractivity (Wildman–Crippen MR) is 121 cm³/mol. The Morgan fingerprint density at radius 1 is 1.00 bits per heavy atom. The average Bonchev–Trinajstić information content (AvgIpc) is 2.59. The second kappa shape index (κ2) is 8.61. The van der Waals surface area contributed by atoms with E-state index >= 15 is 0 Å². The van der Waals surface area contributed by atoms with Crippen molar-refractivity contribution in [1.82, 2.24) is 0 Å². The van der Waals surface area contributed by atoms with Gasteiger partial charge >= 0.3 is 0 Å². The number of hydrogen-bond acceptors (Lipinski definition) is 3. The smallest absolute Gasteiger partial charge is 0.288 e. The molecule has 0 amide bonds. The van der Waals surface area contributed by atoms with Crippen molar-refractivity contribution < 1.29 is 12.8 Å². The molecule has 0 aliphatic heterocycles. The van der Waals surface area contributed by atoms with Crippen molar-refractivity contribution in [2.24, 2.45) is 3.77 Å². The summed E-state index contributed by atoms with van der Waals surface area (Å²) in [6.45, 7) is 13.6. The number of benzene rings is 2. The number of nitrogens with zero attached hydrogens (tertiary/aromatic N) is 1. The van der Waals surface area contributed by atoms with Gasteiger partial charge in [0.25, 0.3) is 10.0 Å². The van der Waals surface area contributed by atoms with Gasteiger partial charge in [-0.3, -0.25) is 0 Å². The van der Waals surface area contributed by atoms with Crippen LogP contribution < -0.4 is 0 Å². The highest BCUT2D eigenvalue weighted by atomic mass is 32.3. The summed E-state index contributed by atoms with van der Waals surface area (Å²) in [6, 6.07) is 14.7. The van der Waals surface area contributed by atoms with Gasteiger partial charge in [-0.2, -0.15) is 8.42 Å². The summed E-state index contributed by atoms with van der Waals surface area (Å²) in [4.78, 5) is 1.13. The lowest BCUT2D eigenvalue weighted by molar-refractivity contribution is 0.276. The molecule has 0 saturated carbocycles. The van der Waals surface area contributed by atoms with Gasteiger partial charge in [0.05, 0.1) is 11.5 Å². The maximum Gasteiger partial charge on any atom is 0.288 e. The van der Waals surface area contributed by atoms with Crippen molar-refractivity contribution in [2.45, 2.75) is 62.2 Å². The van der Waals surface area contributed by atoms with Crippen LogP contribution in [0, 0.1) is 6.92 Å². The van der Waals surface area contributed by atoms with E-state index in [1.54, 1.807) is 24.3 Å². The highest BCUT2D eigenvalue weighted by Gasteiger charge is 2.36. The summed E-state index contributed by atoms with van der Waals surface area (Å²) in [6.07, 6.45) is 1.83. The van der Waals surface area contributed by atoms with E-state index in [4.69, 9.17) is 4.43 Å². The fraction of sp³-hybridized carbons (Fsp3) is 0.429. The first kappa shape index (κ1) is 23.0. The summed E-state index contributed by atoms with van der Waals surface area (Å²) >= 11 is 0. The number of hydrogen-bond donors (Lipinski definition) is 0. The van der Waals surface area contributed by atoms with Crippen LogP contribution in [0.2, 0.25) is 18.1 Å². The van der Waals surface area contributed by atoms with Crippen molar-refractivity contribution in [3.63, 3.8) is 0 Å². The Labute approximate surface area is 173 Å². The maximum absolute atomic E-state index is 12.5. The van der Waals surface area contributed by atoms with Gasteiger partial charge in [0.15, 0.2) is 8.32 Å². The van der Waals surface area contributed by atoms with Crippen molar-refractivity contribution >= 4 is 29.0 Å². The molecule has 0 aromatic heterocycles. The lowest BCUT2D eigenvalue weighted by Gasteiger charge is -2.36. The lowest BCUT2D eigenvalue weighted by Crippen LogP contribution is -2.40. The van der Waals surface area contributed by atoms with E-state index in [0.29, 0.717) is 6.61 Å². The van der Waals surface area contributed by atoms with Crippen LogP contribution in [0.1, 0.15) is 31.9 Å². The maximum atomic E-state index is 12.5. The summed E-state index contributed by atoms with van der Waals surface area (Å²) in [5.74, 6) is 0. The number of aryl methyl sites for hydroxylation is 1. The van der Waals surface area contributed by atoms with Crippen LogP contribution in [0.15, 0.2) is 62.1 Å². The van der Waals surface area contributed by atoms with Crippen LogP contribution in [-0.4, -0.2) is 23.0 Å². The zero-order chi connectivity index (χ0) is 21.2. The Kier molecular flexibility index (Phi) is 7.07. The Morgan fingerprint density at radius 2 is 1.54 bits per heavy atom. The van der Waals surface area contributed by atoms with Crippen molar-refractivity contribution in [1.29, 1.82) is 0 Å². The van der Waals surface area contributed by atoms with E-state index in [9.17, 15) is 8.42 Å². The second-order valence-electron chi connectivity index (χ2n) is 8.53. The van der Waals surface area contributed by atoms with Crippen molar-refractivity contribution in [3.8, 4) is 0 Å². The molecular formula is C21H31NO3S2Si.